The van der Waals surface area contributed by atoms with Crippen molar-refractivity contribution < 1.29 is 9.21 Å². The summed E-state index contributed by atoms with van der Waals surface area (Å²) in [7, 11) is 0. The molecule has 4 aromatic rings. The number of halogens is 1. The first-order chi connectivity index (χ1) is 13.0. The van der Waals surface area contributed by atoms with E-state index in [1.54, 1.807) is 36.4 Å². The smallest absolute Gasteiger partial charge is 0.256 e. The van der Waals surface area contributed by atoms with Crippen LogP contribution in [0.25, 0.3) is 21.9 Å². The van der Waals surface area contributed by atoms with E-state index in [1.807, 2.05) is 32.0 Å². The molecule has 0 aliphatic heterocycles. The van der Waals surface area contributed by atoms with Crippen molar-refractivity contribution in [2.75, 3.05) is 5.32 Å². The molecule has 134 valence electrons. The van der Waals surface area contributed by atoms with E-state index in [2.05, 4.69) is 21.2 Å². The van der Waals surface area contributed by atoms with Gasteiger partial charge in [-0.2, -0.15) is 0 Å². The fourth-order valence-electron chi connectivity index (χ4n) is 3.07. The molecule has 5 heteroatoms. The van der Waals surface area contributed by atoms with E-state index in [-0.39, 0.29) is 11.3 Å². The van der Waals surface area contributed by atoms with Crippen LogP contribution in [-0.4, -0.2) is 5.91 Å². The molecular weight excluding hydrogens is 406 g/mol. The van der Waals surface area contributed by atoms with Gasteiger partial charge in [-0.1, -0.05) is 18.2 Å². The zero-order valence-electron chi connectivity index (χ0n) is 14.8. The van der Waals surface area contributed by atoms with Crippen molar-refractivity contribution in [3.05, 3.63) is 86.0 Å². The van der Waals surface area contributed by atoms with Crippen molar-refractivity contribution in [1.82, 2.24) is 0 Å². The standard InChI is InChI=1S/C22H16BrNO3/c1-12-7-9-17-20(25)16-10-8-14(11-19(16)27-21(17)13(12)2)24-22(26)15-5-3-4-6-18(15)23/h3-11H,1-2H3,(H,24,26). The zero-order valence-corrected chi connectivity index (χ0v) is 16.4. The van der Waals surface area contributed by atoms with E-state index < -0.39 is 0 Å². The van der Waals surface area contributed by atoms with Crippen LogP contribution in [0.4, 0.5) is 5.69 Å². The second-order valence-electron chi connectivity index (χ2n) is 6.46. The number of nitrogens with one attached hydrogen (secondary N) is 1. The predicted molar refractivity (Wildman–Crippen MR) is 112 cm³/mol. The largest absolute Gasteiger partial charge is 0.455 e. The number of amides is 1. The Morgan fingerprint density at radius 3 is 2.52 bits per heavy atom. The van der Waals surface area contributed by atoms with Crippen LogP contribution in [-0.2, 0) is 0 Å². The van der Waals surface area contributed by atoms with Crippen LogP contribution in [0, 0.1) is 13.8 Å². The van der Waals surface area contributed by atoms with Gasteiger partial charge in [0, 0.05) is 16.2 Å². The first kappa shape index (κ1) is 17.5. The topological polar surface area (TPSA) is 59.3 Å². The van der Waals surface area contributed by atoms with Crippen molar-refractivity contribution >= 4 is 49.5 Å². The molecule has 0 aliphatic rings. The summed E-state index contributed by atoms with van der Waals surface area (Å²) in [5.74, 6) is -0.239. The van der Waals surface area contributed by atoms with Crippen molar-refractivity contribution in [2.24, 2.45) is 0 Å². The predicted octanol–water partition coefficient (Wildman–Crippen LogP) is 5.58. The number of carbonyl (C=O) groups is 1. The third-order valence-electron chi connectivity index (χ3n) is 4.74. The quantitative estimate of drug-likeness (QED) is 0.429. The average Bonchev–Trinajstić information content (AvgIpc) is 2.65. The molecule has 3 aromatic carbocycles. The highest BCUT2D eigenvalue weighted by atomic mass is 79.9. The molecule has 0 saturated carbocycles. The molecule has 0 bridgehead atoms. The Morgan fingerprint density at radius 2 is 1.74 bits per heavy atom. The first-order valence-electron chi connectivity index (χ1n) is 8.48. The molecule has 1 heterocycles. The van der Waals surface area contributed by atoms with E-state index in [9.17, 15) is 9.59 Å². The van der Waals surface area contributed by atoms with Crippen molar-refractivity contribution in [3.8, 4) is 0 Å². The molecule has 0 atom stereocenters. The highest BCUT2D eigenvalue weighted by molar-refractivity contribution is 9.10. The van der Waals surface area contributed by atoms with E-state index in [1.165, 1.54) is 0 Å². The molecule has 27 heavy (non-hydrogen) atoms. The third kappa shape index (κ3) is 3.04. The lowest BCUT2D eigenvalue weighted by Crippen LogP contribution is -2.12. The molecule has 0 unspecified atom stereocenters. The molecule has 1 amide bonds. The van der Waals surface area contributed by atoms with Gasteiger partial charge < -0.3 is 9.73 Å². The second-order valence-corrected chi connectivity index (χ2v) is 7.31. The summed E-state index contributed by atoms with van der Waals surface area (Å²) < 4.78 is 6.74. The molecule has 1 N–H and O–H groups in total. The number of hydrogen-bond acceptors (Lipinski definition) is 3. The van der Waals surface area contributed by atoms with Crippen LogP contribution in [0.2, 0.25) is 0 Å². The number of anilines is 1. The fourth-order valence-corrected chi connectivity index (χ4v) is 3.54. The second kappa shape index (κ2) is 6.67. The van der Waals surface area contributed by atoms with Crippen LogP contribution < -0.4 is 10.7 Å². The number of rotatable bonds is 2. The molecule has 0 fully saturated rings. The van der Waals surface area contributed by atoms with E-state index in [4.69, 9.17) is 4.42 Å². The lowest BCUT2D eigenvalue weighted by Gasteiger charge is -2.09. The summed E-state index contributed by atoms with van der Waals surface area (Å²) >= 11 is 3.38. The van der Waals surface area contributed by atoms with Gasteiger partial charge in [0.05, 0.1) is 16.3 Å². The Hall–Kier alpha value is -2.92. The highest BCUT2D eigenvalue weighted by Gasteiger charge is 2.13. The Morgan fingerprint density at radius 1 is 1.00 bits per heavy atom. The summed E-state index contributed by atoms with van der Waals surface area (Å²) in [5.41, 5.74) is 4.06. The molecule has 0 spiro atoms. The minimum Gasteiger partial charge on any atom is -0.455 e. The van der Waals surface area contributed by atoms with Crippen LogP contribution in [0.5, 0.6) is 0 Å². The van der Waals surface area contributed by atoms with Crippen LogP contribution in [0.15, 0.2) is 68.3 Å². The molecule has 4 rings (SSSR count). The summed E-state index contributed by atoms with van der Waals surface area (Å²) in [6.07, 6.45) is 0. The third-order valence-corrected chi connectivity index (χ3v) is 5.43. The highest BCUT2D eigenvalue weighted by Crippen LogP contribution is 2.26. The van der Waals surface area contributed by atoms with Crippen molar-refractivity contribution in [2.45, 2.75) is 13.8 Å². The number of aryl methyl sites for hydroxylation is 2. The van der Waals surface area contributed by atoms with Crippen LogP contribution >= 0.6 is 15.9 Å². The lowest BCUT2D eigenvalue weighted by atomic mass is 10.0. The molecule has 1 aromatic heterocycles. The van der Waals surface area contributed by atoms with Gasteiger partial charge in [-0.15, -0.1) is 0 Å². The minimum absolute atomic E-state index is 0.0713. The lowest BCUT2D eigenvalue weighted by molar-refractivity contribution is 0.102. The van der Waals surface area contributed by atoms with Crippen molar-refractivity contribution in [1.29, 1.82) is 0 Å². The summed E-state index contributed by atoms with van der Waals surface area (Å²) in [6, 6.07) is 16.0. The van der Waals surface area contributed by atoms with Gasteiger partial charge >= 0.3 is 0 Å². The van der Waals surface area contributed by atoms with Crippen LogP contribution in [0.3, 0.4) is 0 Å². The number of benzene rings is 3. The number of carbonyl (C=O) groups excluding carboxylic acids is 1. The van der Waals surface area contributed by atoms with Gasteiger partial charge in [0.1, 0.15) is 11.2 Å². The number of hydrogen-bond donors (Lipinski definition) is 1. The average molecular weight is 422 g/mol. The van der Waals surface area contributed by atoms with Gasteiger partial charge in [0.15, 0.2) is 0 Å². The van der Waals surface area contributed by atoms with Gasteiger partial charge in [-0.3, -0.25) is 9.59 Å². The maximum absolute atomic E-state index is 12.8. The Balaban J connectivity index is 1.81. The Labute approximate surface area is 163 Å². The van der Waals surface area contributed by atoms with E-state index in [0.717, 1.165) is 11.1 Å². The minimum atomic E-state index is -0.239. The summed E-state index contributed by atoms with van der Waals surface area (Å²) in [6.45, 7) is 3.92. The normalized spacial score (nSPS) is 11.1. The number of fused-ring (bicyclic) bond motifs is 2. The van der Waals surface area contributed by atoms with Gasteiger partial charge in [-0.25, -0.2) is 0 Å². The monoisotopic (exact) mass is 421 g/mol. The van der Waals surface area contributed by atoms with E-state index >= 15 is 0 Å². The molecule has 4 nitrogen and oxygen atoms in total. The molecule has 0 saturated heterocycles. The molecular formula is C22H16BrNO3. The Kier molecular flexibility index (Phi) is 4.32. The first-order valence-corrected chi connectivity index (χ1v) is 9.27. The van der Waals surface area contributed by atoms with Crippen LogP contribution in [0.1, 0.15) is 21.5 Å². The maximum atomic E-state index is 12.8. The molecule has 0 aliphatic carbocycles. The SMILES string of the molecule is Cc1ccc2c(=O)c3ccc(NC(=O)c4ccccc4Br)cc3oc2c1C. The molecule has 0 radical (unpaired) electrons. The maximum Gasteiger partial charge on any atom is 0.256 e. The Bertz CT molecular complexity index is 1270. The van der Waals surface area contributed by atoms with E-state index in [0.29, 0.717) is 37.7 Å². The van der Waals surface area contributed by atoms with Gasteiger partial charge in [0.2, 0.25) is 5.43 Å². The zero-order chi connectivity index (χ0) is 19.1. The summed E-state index contributed by atoms with van der Waals surface area (Å²) in [5, 5.41) is 3.91. The van der Waals surface area contributed by atoms with Crippen molar-refractivity contribution in [3.63, 3.8) is 0 Å². The summed E-state index contributed by atoms with van der Waals surface area (Å²) in [4.78, 5) is 25.3. The van der Waals surface area contributed by atoms with Gasteiger partial charge in [-0.05, 0) is 71.2 Å². The van der Waals surface area contributed by atoms with Gasteiger partial charge in [0.25, 0.3) is 5.91 Å². The fraction of sp³-hybridized carbons (Fsp3) is 0.0909.